The molecule has 1 atom stereocenters. The summed E-state index contributed by atoms with van der Waals surface area (Å²) in [6.45, 7) is 0.371. The molecule has 1 fully saturated rings. The third-order valence-electron chi connectivity index (χ3n) is 3.57. The van der Waals surface area contributed by atoms with Crippen LogP contribution < -0.4 is 0 Å². The summed E-state index contributed by atoms with van der Waals surface area (Å²) in [6.07, 6.45) is 1.07. The molecule has 21 heavy (non-hydrogen) atoms. The molecule has 0 amide bonds. The molecule has 1 aliphatic rings. The van der Waals surface area contributed by atoms with Crippen molar-refractivity contribution in [3.63, 3.8) is 0 Å². The normalized spacial score (nSPS) is 20.7. The lowest BCUT2D eigenvalue weighted by Crippen LogP contribution is -2.42. The van der Waals surface area contributed by atoms with Crippen molar-refractivity contribution in [3.05, 3.63) is 24.3 Å². The molecule has 112 valence electrons. The number of benzene rings is 1. The highest BCUT2D eigenvalue weighted by Crippen LogP contribution is 2.29. The molecule has 8 heteroatoms. The summed E-state index contributed by atoms with van der Waals surface area (Å²) in [5.41, 5.74) is 0.646. The Balaban J connectivity index is 1.94. The van der Waals surface area contributed by atoms with Crippen LogP contribution in [-0.2, 0) is 14.8 Å². The van der Waals surface area contributed by atoms with Gasteiger partial charge in [-0.05, 0) is 25.0 Å². The molecule has 0 aliphatic carbocycles. The van der Waals surface area contributed by atoms with E-state index >= 15 is 0 Å². The maximum absolute atomic E-state index is 12.6. The number of aliphatic carboxylic acids is 1. The van der Waals surface area contributed by atoms with Gasteiger partial charge in [-0.2, -0.15) is 4.31 Å². The lowest BCUT2D eigenvalue weighted by atomic mass is 10.0. The monoisotopic (exact) mass is 326 g/mol. The largest absolute Gasteiger partial charge is 0.481 e. The Morgan fingerprint density at radius 3 is 2.86 bits per heavy atom. The van der Waals surface area contributed by atoms with E-state index in [-0.39, 0.29) is 10.9 Å². The molecule has 2 heterocycles. The zero-order chi connectivity index (χ0) is 15.0. The molecule has 1 N–H and O–H groups in total. The van der Waals surface area contributed by atoms with Gasteiger partial charge in [-0.3, -0.25) is 4.79 Å². The molecular weight excluding hydrogens is 312 g/mol. The maximum atomic E-state index is 12.6. The van der Waals surface area contributed by atoms with E-state index in [2.05, 4.69) is 4.98 Å². The first kappa shape index (κ1) is 14.4. The minimum Gasteiger partial charge on any atom is -0.481 e. The molecule has 2 aromatic rings. The number of carbonyl (C=O) groups is 1. The Bertz CT molecular complexity index is 751. The number of para-hydroxylation sites is 1. The van der Waals surface area contributed by atoms with Gasteiger partial charge in [-0.15, -0.1) is 11.3 Å². The van der Waals surface area contributed by atoms with Gasteiger partial charge >= 0.3 is 5.97 Å². The number of hydrogen-bond acceptors (Lipinski definition) is 5. The molecule has 1 saturated heterocycles. The Labute approximate surface area is 126 Å². The fourth-order valence-electron chi connectivity index (χ4n) is 2.43. The van der Waals surface area contributed by atoms with Gasteiger partial charge in [-0.25, -0.2) is 13.4 Å². The summed E-state index contributed by atoms with van der Waals surface area (Å²) >= 11 is 1.12. The summed E-state index contributed by atoms with van der Waals surface area (Å²) in [4.78, 5) is 15.2. The first-order valence-corrected chi connectivity index (χ1v) is 8.82. The predicted octanol–water partition coefficient (Wildman–Crippen LogP) is 1.78. The van der Waals surface area contributed by atoms with Gasteiger partial charge in [0.15, 0.2) is 0 Å². The second kappa shape index (κ2) is 5.36. The van der Waals surface area contributed by atoms with Gasteiger partial charge in [-0.1, -0.05) is 12.1 Å². The predicted molar refractivity (Wildman–Crippen MR) is 78.7 cm³/mol. The second-order valence-electron chi connectivity index (χ2n) is 4.99. The topological polar surface area (TPSA) is 87.6 Å². The number of carboxylic acids is 1. The van der Waals surface area contributed by atoms with Crippen molar-refractivity contribution in [2.75, 3.05) is 13.1 Å². The summed E-state index contributed by atoms with van der Waals surface area (Å²) in [5, 5.41) is 9.07. The number of carboxylic acid groups (broad SMARTS) is 1. The number of aromatic nitrogens is 1. The molecule has 0 saturated carbocycles. The molecule has 1 aromatic carbocycles. The van der Waals surface area contributed by atoms with E-state index in [0.29, 0.717) is 24.9 Å². The zero-order valence-corrected chi connectivity index (χ0v) is 12.7. The molecule has 3 rings (SSSR count). The minimum atomic E-state index is -3.71. The van der Waals surface area contributed by atoms with Crippen LogP contribution in [-0.4, -0.2) is 41.9 Å². The molecule has 0 radical (unpaired) electrons. The van der Waals surface area contributed by atoms with Gasteiger partial charge in [0, 0.05) is 13.1 Å². The summed E-state index contributed by atoms with van der Waals surface area (Å²) in [6, 6.07) is 7.22. The Hall–Kier alpha value is -1.51. The van der Waals surface area contributed by atoms with Crippen LogP contribution in [0.5, 0.6) is 0 Å². The van der Waals surface area contributed by atoms with Crippen LogP contribution >= 0.6 is 11.3 Å². The highest BCUT2D eigenvalue weighted by molar-refractivity contribution is 7.91. The van der Waals surface area contributed by atoms with Gasteiger partial charge in [0.05, 0.1) is 16.1 Å². The smallest absolute Gasteiger partial charge is 0.307 e. The third kappa shape index (κ3) is 2.66. The van der Waals surface area contributed by atoms with Crippen molar-refractivity contribution in [3.8, 4) is 0 Å². The number of hydrogen-bond donors (Lipinski definition) is 1. The fourth-order valence-corrected chi connectivity index (χ4v) is 5.32. The number of piperidine rings is 1. The third-order valence-corrected chi connectivity index (χ3v) is 6.83. The summed E-state index contributed by atoms with van der Waals surface area (Å²) < 4.78 is 27.3. The average molecular weight is 326 g/mol. The highest BCUT2D eigenvalue weighted by atomic mass is 32.2. The van der Waals surface area contributed by atoms with Crippen molar-refractivity contribution in [2.45, 2.75) is 17.2 Å². The van der Waals surface area contributed by atoms with Crippen LogP contribution in [0.4, 0.5) is 0 Å². The van der Waals surface area contributed by atoms with Crippen molar-refractivity contribution >= 4 is 37.5 Å². The highest BCUT2D eigenvalue weighted by Gasteiger charge is 2.34. The molecule has 0 bridgehead atoms. The van der Waals surface area contributed by atoms with Crippen LogP contribution in [0.1, 0.15) is 12.8 Å². The minimum absolute atomic E-state index is 0.0214. The number of sulfonamides is 1. The van der Waals surface area contributed by atoms with E-state index < -0.39 is 21.9 Å². The SMILES string of the molecule is O=C(O)[C@H]1CCCN(S(=O)(=O)c2nc3ccccc3s2)C1. The number of rotatable bonds is 3. The lowest BCUT2D eigenvalue weighted by Gasteiger charge is -2.28. The molecular formula is C13H14N2O4S2. The number of nitrogens with zero attached hydrogens (tertiary/aromatic N) is 2. The van der Waals surface area contributed by atoms with Crippen molar-refractivity contribution in [1.82, 2.24) is 9.29 Å². The maximum Gasteiger partial charge on any atom is 0.307 e. The molecule has 0 spiro atoms. The lowest BCUT2D eigenvalue weighted by molar-refractivity contribution is -0.142. The van der Waals surface area contributed by atoms with Gasteiger partial charge in [0.25, 0.3) is 10.0 Å². The van der Waals surface area contributed by atoms with Gasteiger partial charge in [0.2, 0.25) is 4.34 Å². The molecule has 1 aromatic heterocycles. The van der Waals surface area contributed by atoms with E-state index in [0.717, 1.165) is 16.0 Å². The van der Waals surface area contributed by atoms with E-state index in [1.807, 2.05) is 12.1 Å². The number of fused-ring (bicyclic) bond motifs is 1. The second-order valence-corrected chi connectivity index (χ2v) is 8.13. The Morgan fingerprint density at radius 1 is 1.38 bits per heavy atom. The van der Waals surface area contributed by atoms with Crippen molar-refractivity contribution < 1.29 is 18.3 Å². The molecule has 1 aliphatic heterocycles. The zero-order valence-electron chi connectivity index (χ0n) is 11.1. The quantitative estimate of drug-likeness (QED) is 0.929. The van der Waals surface area contributed by atoms with Crippen LogP contribution in [0.25, 0.3) is 10.2 Å². The Morgan fingerprint density at radius 2 is 2.14 bits per heavy atom. The van der Waals surface area contributed by atoms with Crippen LogP contribution in [0.2, 0.25) is 0 Å². The van der Waals surface area contributed by atoms with Crippen LogP contribution in [0.15, 0.2) is 28.6 Å². The van der Waals surface area contributed by atoms with Crippen molar-refractivity contribution in [1.29, 1.82) is 0 Å². The van der Waals surface area contributed by atoms with Gasteiger partial charge < -0.3 is 5.11 Å². The van der Waals surface area contributed by atoms with E-state index in [4.69, 9.17) is 5.11 Å². The van der Waals surface area contributed by atoms with Crippen LogP contribution in [0.3, 0.4) is 0 Å². The van der Waals surface area contributed by atoms with Crippen LogP contribution in [0, 0.1) is 5.92 Å². The van der Waals surface area contributed by atoms with E-state index in [9.17, 15) is 13.2 Å². The average Bonchev–Trinajstić information content (AvgIpc) is 2.92. The Kier molecular flexibility index (Phi) is 3.68. The molecule has 0 unspecified atom stereocenters. The van der Waals surface area contributed by atoms with E-state index in [1.165, 1.54) is 4.31 Å². The fraction of sp³-hybridized carbons (Fsp3) is 0.385. The first-order chi connectivity index (χ1) is 9.98. The van der Waals surface area contributed by atoms with Crippen molar-refractivity contribution in [2.24, 2.45) is 5.92 Å². The molecule has 6 nitrogen and oxygen atoms in total. The van der Waals surface area contributed by atoms with E-state index in [1.54, 1.807) is 12.1 Å². The van der Waals surface area contributed by atoms with Gasteiger partial charge in [0.1, 0.15) is 0 Å². The number of thiazole rings is 1. The standard InChI is InChI=1S/C13H14N2O4S2/c16-12(17)9-4-3-7-15(8-9)21(18,19)13-14-10-5-1-2-6-11(10)20-13/h1-2,5-6,9H,3-4,7-8H2,(H,16,17)/t9-/m0/s1. The first-order valence-electron chi connectivity index (χ1n) is 6.57. The summed E-state index contributed by atoms with van der Waals surface area (Å²) in [7, 11) is -3.71. The summed E-state index contributed by atoms with van der Waals surface area (Å²) in [5.74, 6) is -1.58.